The van der Waals surface area contributed by atoms with E-state index in [4.69, 9.17) is 11.8 Å². The molecule has 0 aliphatic carbocycles. The first-order valence-electron chi connectivity index (χ1n) is 11.8. The van der Waals surface area contributed by atoms with E-state index in [9.17, 15) is 25.6 Å². The fourth-order valence-electron chi connectivity index (χ4n) is 4.20. The summed E-state index contributed by atoms with van der Waals surface area (Å²) in [6, 6.07) is 13.5. The van der Waals surface area contributed by atoms with Gasteiger partial charge in [-0.3, -0.25) is 4.31 Å². The number of hydrogen-bond donors (Lipinski definition) is 0. The van der Waals surface area contributed by atoms with Gasteiger partial charge in [-0.2, -0.15) is 12.2 Å². The van der Waals surface area contributed by atoms with Crippen molar-refractivity contribution in [2.75, 3.05) is 52.8 Å². The number of halogens is 3. The van der Waals surface area contributed by atoms with Crippen LogP contribution in [0.3, 0.4) is 0 Å². The Morgan fingerprint density at radius 2 is 1.34 bits per heavy atom. The minimum absolute atomic E-state index is 0.0248. The average molecular weight is 585 g/mol. The number of likely N-dealkylation sites (N-methyl/N-ethyl adjacent to an activating group) is 1. The molecule has 3 aromatic carbocycles. The second-order valence-corrected chi connectivity index (χ2v) is 13.0. The highest BCUT2D eigenvalue weighted by Gasteiger charge is 2.32. The van der Waals surface area contributed by atoms with E-state index in [1.165, 1.54) is 30.3 Å². The molecular formula is C25H27ClF2N4O4S2. The molecule has 0 aromatic heterocycles. The molecule has 0 bridgehead atoms. The number of benzene rings is 3. The maximum Gasteiger partial charge on any atom is 0.278 e. The molecule has 13 heteroatoms. The van der Waals surface area contributed by atoms with Crippen molar-refractivity contribution in [1.29, 1.82) is 0 Å². The Balaban J connectivity index is 1.87. The maximum absolute atomic E-state index is 14.0. The standard InChI is InChI=1S/C25H27ClF2N4O4S2/c1-3-31(37(33,34)22-8-4-6-19(27)16-22)25-18-21(30-14-12-29(2)13-15-30)10-11-24(25)32(26)38(35,36)23-9-5-7-20(28)17-23/h4-11,16-18H,3,12-15H2,1-2H3. The number of anilines is 3. The molecule has 0 spiro atoms. The van der Waals surface area contributed by atoms with Gasteiger partial charge in [0.05, 0.1) is 21.2 Å². The van der Waals surface area contributed by atoms with E-state index < -0.39 is 36.6 Å². The molecule has 1 aliphatic rings. The molecule has 0 N–H and O–H groups in total. The van der Waals surface area contributed by atoms with Crippen LogP contribution in [-0.4, -0.2) is 61.5 Å². The number of piperazine rings is 1. The molecule has 1 fully saturated rings. The summed E-state index contributed by atoms with van der Waals surface area (Å²) in [5.74, 6) is -1.51. The third-order valence-electron chi connectivity index (χ3n) is 6.26. The maximum atomic E-state index is 14.0. The lowest BCUT2D eigenvalue weighted by Gasteiger charge is -2.35. The fraction of sp³-hybridized carbons (Fsp3) is 0.280. The van der Waals surface area contributed by atoms with Gasteiger partial charge in [0.25, 0.3) is 20.0 Å². The van der Waals surface area contributed by atoms with Crippen molar-refractivity contribution in [1.82, 2.24) is 4.90 Å². The van der Waals surface area contributed by atoms with E-state index >= 15 is 0 Å². The Hall–Kier alpha value is -2.93. The topological polar surface area (TPSA) is 81.2 Å². The molecular weight excluding hydrogens is 558 g/mol. The summed E-state index contributed by atoms with van der Waals surface area (Å²) in [5, 5.41) is 0. The van der Waals surface area contributed by atoms with Crippen LogP contribution in [0.5, 0.6) is 0 Å². The van der Waals surface area contributed by atoms with Crippen LogP contribution in [0.25, 0.3) is 0 Å². The molecule has 38 heavy (non-hydrogen) atoms. The predicted octanol–water partition coefficient (Wildman–Crippen LogP) is 4.28. The van der Waals surface area contributed by atoms with Crippen molar-refractivity contribution in [3.63, 3.8) is 0 Å². The van der Waals surface area contributed by atoms with Crippen LogP contribution in [0.4, 0.5) is 25.8 Å². The van der Waals surface area contributed by atoms with E-state index in [2.05, 4.69) is 9.80 Å². The normalized spacial score (nSPS) is 14.9. The van der Waals surface area contributed by atoms with Crippen LogP contribution in [0.2, 0.25) is 0 Å². The third-order valence-corrected chi connectivity index (χ3v) is 10.3. The van der Waals surface area contributed by atoms with Crippen molar-refractivity contribution >= 4 is 48.9 Å². The van der Waals surface area contributed by atoms with Crippen LogP contribution in [0.15, 0.2) is 76.5 Å². The molecule has 0 unspecified atom stereocenters. The van der Waals surface area contributed by atoms with E-state index in [1.807, 2.05) is 7.05 Å². The van der Waals surface area contributed by atoms with Gasteiger partial charge in [0.2, 0.25) is 0 Å². The van der Waals surface area contributed by atoms with Crippen molar-refractivity contribution in [2.45, 2.75) is 16.7 Å². The Morgan fingerprint density at radius 1 is 0.789 bits per heavy atom. The number of sulfonamides is 2. The van der Waals surface area contributed by atoms with Crippen LogP contribution in [0, 0.1) is 11.6 Å². The summed E-state index contributed by atoms with van der Waals surface area (Å²) in [6.45, 7) is 4.37. The first-order chi connectivity index (χ1) is 17.9. The molecule has 1 saturated heterocycles. The summed E-state index contributed by atoms with van der Waals surface area (Å²) >= 11 is 6.39. The Labute approximate surface area is 226 Å². The Morgan fingerprint density at radius 3 is 1.87 bits per heavy atom. The molecule has 0 atom stereocenters. The lowest BCUT2D eigenvalue weighted by molar-refractivity contribution is 0.313. The summed E-state index contributed by atoms with van der Waals surface area (Å²) in [4.78, 5) is 3.50. The molecule has 0 amide bonds. The zero-order chi connectivity index (χ0) is 27.7. The van der Waals surface area contributed by atoms with Gasteiger partial charge >= 0.3 is 0 Å². The number of nitrogens with zero attached hydrogens (tertiary/aromatic N) is 4. The smallest absolute Gasteiger partial charge is 0.278 e. The Kier molecular flexibility index (Phi) is 8.17. The molecule has 204 valence electrons. The highest BCUT2D eigenvalue weighted by molar-refractivity contribution is 7.94. The molecule has 0 radical (unpaired) electrons. The first kappa shape index (κ1) is 28.1. The highest BCUT2D eigenvalue weighted by atomic mass is 35.5. The van der Waals surface area contributed by atoms with Crippen molar-refractivity contribution in [2.24, 2.45) is 0 Å². The van der Waals surface area contributed by atoms with E-state index in [0.29, 0.717) is 22.6 Å². The average Bonchev–Trinajstić information content (AvgIpc) is 2.89. The zero-order valence-corrected chi connectivity index (χ0v) is 23.1. The predicted molar refractivity (Wildman–Crippen MR) is 145 cm³/mol. The van der Waals surface area contributed by atoms with Crippen LogP contribution in [-0.2, 0) is 20.0 Å². The highest BCUT2D eigenvalue weighted by Crippen LogP contribution is 2.40. The van der Waals surface area contributed by atoms with Gasteiger partial charge in [-0.05, 0) is 68.6 Å². The zero-order valence-electron chi connectivity index (χ0n) is 20.8. The lowest BCUT2D eigenvalue weighted by Crippen LogP contribution is -2.44. The summed E-state index contributed by atoms with van der Waals surface area (Å²) < 4.78 is 83.2. The van der Waals surface area contributed by atoms with Gasteiger partial charge in [0, 0.05) is 50.2 Å². The third kappa shape index (κ3) is 5.58. The SMILES string of the molecule is CCN(c1cc(N2CCN(C)CC2)ccc1N(Cl)S(=O)(=O)c1cccc(F)c1)S(=O)(=O)c1cccc(F)c1. The first-order valence-corrected chi connectivity index (χ1v) is 15.0. The minimum atomic E-state index is -4.48. The van der Waals surface area contributed by atoms with Gasteiger partial charge in [-0.15, -0.1) is 0 Å². The number of rotatable bonds is 8. The van der Waals surface area contributed by atoms with Crippen LogP contribution < -0.4 is 13.0 Å². The molecule has 0 saturated carbocycles. The second kappa shape index (κ2) is 11.0. The fourth-order valence-corrected chi connectivity index (χ4v) is 7.20. The number of hydrogen-bond acceptors (Lipinski definition) is 6. The lowest BCUT2D eigenvalue weighted by atomic mass is 10.2. The molecule has 1 aliphatic heterocycles. The minimum Gasteiger partial charge on any atom is -0.369 e. The molecule has 1 heterocycles. The quantitative estimate of drug-likeness (QED) is 0.368. The second-order valence-electron chi connectivity index (χ2n) is 8.77. The summed E-state index contributed by atoms with van der Waals surface area (Å²) in [7, 11) is -6.81. The van der Waals surface area contributed by atoms with Gasteiger partial charge in [-0.1, -0.05) is 12.1 Å². The molecule has 3 aromatic rings. The van der Waals surface area contributed by atoms with Crippen molar-refractivity contribution in [3.8, 4) is 0 Å². The summed E-state index contributed by atoms with van der Waals surface area (Å²) in [5.41, 5.74) is 0.483. The van der Waals surface area contributed by atoms with E-state index in [-0.39, 0.29) is 22.8 Å². The van der Waals surface area contributed by atoms with Gasteiger partial charge in [0.15, 0.2) is 0 Å². The van der Waals surface area contributed by atoms with Crippen molar-refractivity contribution < 1.29 is 25.6 Å². The molecule has 4 rings (SSSR count). The van der Waals surface area contributed by atoms with Crippen LogP contribution in [0.1, 0.15) is 6.92 Å². The summed E-state index contributed by atoms with van der Waals surface area (Å²) in [6.07, 6.45) is 0. The van der Waals surface area contributed by atoms with Gasteiger partial charge in [0.1, 0.15) is 11.6 Å². The monoisotopic (exact) mass is 584 g/mol. The Bertz CT molecular complexity index is 1530. The van der Waals surface area contributed by atoms with Crippen LogP contribution >= 0.6 is 11.8 Å². The van der Waals surface area contributed by atoms with Gasteiger partial charge < -0.3 is 9.80 Å². The largest absolute Gasteiger partial charge is 0.369 e. The van der Waals surface area contributed by atoms with E-state index in [1.54, 1.807) is 19.1 Å². The molecule has 8 nitrogen and oxygen atoms in total. The van der Waals surface area contributed by atoms with Gasteiger partial charge in [-0.25, -0.2) is 17.2 Å². The van der Waals surface area contributed by atoms with E-state index in [0.717, 1.165) is 41.7 Å². The van der Waals surface area contributed by atoms with Crippen molar-refractivity contribution in [3.05, 3.63) is 78.4 Å².